The minimum Gasteiger partial charge on any atom is -0.489 e. The normalized spacial score (nSPS) is 12.9. The van der Waals surface area contributed by atoms with E-state index in [1.807, 2.05) is 49.3 Å². The fourth-order valence-corrected chi connectivity index (χ4v) is 3.79. The first-order chi connectivity index (χ1) is 16.2. The Balaban J connectivity index is 2.04. The summed E-state index contributed by atoms with van der Waals surface area (Å²) in [6.07, 6.45) is 3.06. The molecule has 0 fully saturated rings. The van der Waals surface area contributed by atoms with Gasteiger partial charge in [0.2, 0.25) is 5.91 Å². The number of ether oxygens (including phenoxy) is 1. The monoisotopic (exact) mass is 465 g/mol. The first-order valence-electron chi connectivity index (χ1n) is 12.3. The van der Waals surface area contributed by atoms with Crippen LogP contribution in [-0.4, -0.2) is 50.1 Å². The fraction of sp³-hybridized carbons (Fsp3) is 0.483. The van der Waals surface area contributed by atoms with E-state index in [4.69, 9.17) is 4.74 Å². The van der Waals surface area contributed by atoms with Gasteiger partial charge in [0, 0.05) is 24.8 Å². The summed E-state index contributed by atoms with van der Waals surface area (Å²) in [5, 5.41) is 3.24. The molecule has 0 heterocycles. The highest BCUT2D eigenvalue weighted by Crippen LogP contribution is 2.21. The number of nitrogens with zero attached hydrogens (tertiary/aromatic N) is 2. The van der Waals surface area contributed by atoms with Crippen LogP contribution >= 0.6 is 0 Å². The molecule has 0 saturated carbocycles. The van der Waals surface area contributed by atoms with Gasteiger partial charge in [-0.2, -0.15) is 0 Å². The number of rotatable bonds is 13. The van der Waals surface area contributed by atoms with Crippen LogP contribution in [0.15, 0.2) is 66.2 Å². The number of benzene rings is 2. The second-order valence-corrected chi connectivity index (χ2v) is 9.97. The van der Waals surface area contributed by atoms with E-state index >= 15 is 0 Å². The van der Waals surface area contributed by atoms with Crippen molar-refractivity contribution < 1.29 is 9.53 Å². The van der Waals surface area contributed by atoms with Gasteiger partial charge in [-0.3, -0.25) is 9.69 Å². The summed E-state index contributed by atoms with van der Waals surface area (Å²) in [6.45, 7) is 12.7. The lowest BCUT2D eigenvalue weighted by atomic mass is 10.0. The molecule has 186 valence electrons. The van der Waals surface area contributed by atoms with E-state index in [0.29, 0.717) is 12.5 Å². The van der Waals surface area contributed by atoms with Crippen LogP contribution in [0.1, 0.15) is 46.6 Å². The maximum absolute atomic E-state index is 12.9. The van der Waals surface area contributed by atoms with Gasteiger partial charge >= 0.3 is 0 Å². The van der Waals surface area contributed by atoms with E-state index < -0.39 is 0 Å². The summed E-state index contributed by atoms with van der Waals surface area (Å²) in [4.78, 5) is 17.3. The van der Waals surface area contributed by atoms with E-state index in [0.717, 1.165) is 36.5 Å². The lowest BCUT2D eigenvalue weighted by Gasteiger charge is -2.30. The van der Waals surface area contributed by atoms with Gasteiger partial charge in [-0.05, 0) is 77.0 Å². The second kappa shape index (κ2) is 13.8. The number of hydrogen-bond acceptors (Lipinski definition) is 4. The van der Waals surface area contributed by atoms with Crippen LogP contribution < -0.4 is 15.0 Å². The smallest absolute Gasteiger partial charge is 0.237 e. The van der Waals surface area contributed by atoms with Crippen LogP contribution in [0.25, 0.3) is 0 Å². The van der Waals surface area contributed by atoms with Crippen LogP contribution in [0.3, 0.4) is 0 Å². The SMILES string of the molecule is CC(C)=CCN(C[C@H](C)NC(=O)[C@H](CC(C)C)N(C)C)c1ccc(OCc2ccccc2)cc1. The van der Waals surface area contributed by atoms with Crippen molar-refractivity contribution >= 4 is 11.6 Å². The highest BCUT2D eigenvalue weighted by atomic mass is 16.5. The molecule has 2 rings (SSSR count). The first kappa shape index (κ1) is 27.5. The Bertz CT molecular complexity index is 887. The van der Waals surface area contributed by atoms with Gasteiger partial charge in [0.25, 0.3) is 0 Å². The number of likely N-dealkylation sites (N-methyl/N-ethyl adjacent to an activating group) is 1. The lowest BCUT2D eigenvalue weighted by molar-refractivity contribution is -0.126. The largest absolute Gasteiger partial charge is 0.489 e. The maximum Gasteiger partial charge on any atom is 0.237 e. The zero-order valence-corrected chi connectivity index (χ0v) is 22.0. The van der Waals surface area contributed by atoms with Crippen molar-refractivity contribution in [1.29, 1.82) is 0 Å². The van der Waals surface area contributed by atoms with Crippen molar-refractivity contribution in [2.75, 3.05) is 32.1 Å². The van der Waals surface area contributed by atoms with Gasteiger partial charge in [0.15, 0.2) is 0 Å². The lowest BCUT2D eigenvalue weighted by Crippen LogP contribution is -2.50. The molecular formula is C29H43N3O2. The minimum absolute atomic E-state index is 0.0154. The van der Waals surface area contributed by atoms with Crippen LogP contribution in [0.4, 0.5) is 5.69 Å². The van der Waals surface area contributed by atoms with Gasteiger partial charge in [-0.15, -0.1) is 0 Å². The molecule has 1 N–H and O–H groups in total. The molecule has 0 aliphatic heterocycles. The molecule has 2 aromatic rings. The molecule has 0 saturated heterocycles. The number of allylic oxidation sites excluding steroid dienone is 1. The maximum atomic E-state index is 12.9. The minimum atomic E-state index is -0.116. The summed E-state index contributed by atoms with van der Waals surface area (Å²) < 4.78 is 5.95. The third-order valence-corrected chi connectivity index (χ3v) is 5.67. The molecule has 0 radical (unpaired) electrons. The van der Waals surface area contributed by atoms with Gasteiger partial charge in [0.05, 0.1) is 6.04 Å². The van der Waals surface area contributed by atoms with E-state index in [9.17, 15) is 4.79 Å². The summed E-state index contributed by atoms with van der Waals surface area (Å²) >= 11 is 0. The van der Waals surface area contributed by atoms with Crippen molar-refractivity contribution in [3.8, 4) is 5.75 Å². The predicted octanol–water partition coefficient (Wildman–Crippen LogP) is 5.52. The average Bonchev–Trinajstić information content (AvgIpc) is 2.79. The molecule has 0 bridgehead atoms. The van der Waals surface area contributed by atoms with Crippen molar-refractivity contribution in [3.63, 3.8) is 0 Å². The Labute approximate surface area is 206 Å². The van der Waals surface area contributed by atoms with E-state index in [1.54, 1.807) is 0 Å². The summed E-state index contributed by atoms with van der Waals surface area (Å²) in [7, 11) is 3.94. The number of anilines is 1. The molecule has 2 atom stereocenters. The molecule has 2 aromatic carbocycles. The molecule has 0 spiro atoms. The molecule has 0 aromatic heterocycles. The zero-order valence-electron chi connectivity index (χ0n) is 22.0. The molecule has 34 heavy (non-hydrogen) atoms. The number of amides is 1. The van der Waals surface area contributed by atoms with Gasteiger partial charge in [0.1, 0.15) is 12.4 Å². The van der Waals surface area contributed by atoms with Crippen molar-refractivity contribution in [2.45, 2.75) is 59.7 Å². The van der Waals surface area contributed by atoms with E-state index in [1.165, 1.54) is 5.57 Å². The Kier molecular flexibility index (Phi) is 11.1. The third-order valence-electron chi connectivity index (χ3n) is 5.67. The molecule has 0 unspecified atom stereocenters. The Morgan fingerprint density at radius 3 is 2.21 bits per heavy atom. The Hall–Kier alpha value is -2.79. The van der Waals surface area contributed by atoms with Gasteiger partial charge < -0.3 is 15.0 Å². The topological polar surface area (TPSA) is 44.8 Å². The Morgan fingerprint density at radius 2 is 1.65 bits per heavy atom. The number of carbonyl (C=O) groups excluding carboxylic acids is 1. The quantitative estimate of drug-likeness (QED) is 0.396. The summed E-state index contributed by atoms with van der Waals surface area (Å²) in [6, 6.07) is 18.3. The Morgan fingerprint density at radius 1 is 1.00 bits per heavy atom. The molecule has 5 heteroatoms. The second-order valence-electron chi connectivity index (χ2n) is 9.97. The molecule has 0 aliphatic carbocycles. The zero-order chi connectivity index (χ0) is 25.1. The van der Waals surface area contributed by atoms with Crippen LogP contribution in [0.2, 0.25) is 0 Å². The fourth-order valence-electron chi connectivity index (χ4n) is 3.79. The average molecular weight is 466 g/mol. The number of carbonyl (C=O) groups is 1. The van der Waals surface area contributed by atoms with Gasteiger partial charge in [-0.25, -0.2) is 0 Å². The van der Waals surface area contributed by atoms with Crippen LogP contribution in [-0.2, 0) is 11.4 Å². The van der Waals surface area contributed by atoms with Crippen molar-refractivity contribution in [2.24, 2.45) is 5.92 Å². The van der Waals surface area contributed by atoms with Crippen LogP contribution in [0, 0.1) is 5.92 Å². The summed E-state index contributed by atoms with van der Waals surface area (Å²) in [5.41, 5.74) is 3.53. The standard InChI is InChI=1S/C29H43N3O2/c1-22(2)17-18-32(20-24(5)30-29(33)28(31(6)7)19-23(3)4)26-13-15-27(16-14-26)34-21-25-11-9-8-10-12-25/h8-17,23-24,28H,18-21H2,1-7H3,(H,30,33)/t24-,28-/m0/s1. The molecule has 0 aliphatic rings. The number of nitrogens with one attached hydrogen (secondary N) is 1. The predicted molar refractivity (Wildman–Crippen MR) is 143 cm³/mol. The highest BCUT2D eigenvalue weighted by Gasteiger charge is 2.23. The molecule has 5 nitrogen and oxygen atoms in total. The van der Waals surface area contributed by atoms with E-state index in [-0.39, 0.29) is 18.0 Å². The highest BCUT2D eigenvalue weighted by molar-refractivity contribution is 5.82. The van der Waals surface area contributed by atoms with Gasteiger partial charge in [-0.1, -0.05) is 55.8 Å². The van der Waals surface area contributed by atoms with Crippen LogP contribution in [0.5, 0.6) is 5.75 Å². The third kappa shape index (κ3) is 9.60. The molecular weight excluding hydrogens is 422 g/mol. The summed E-state index contributed by atoms with van der Waals surface area (Å²) in [5.74, 6) is 1.40. The molecule has 1 amide bonds. The van der Waals surface area contributed by atoms with Crippen molar-refractivity contribution in [1.82, 2.24) is 10.2 Å². The number of hydrogen-bond donors (Lipinski definition) is 1. The van der Waals surface area contributed by atoms with E-state index in [2.05, 4.69) is 75.2 Å². The first-order valence-corrected chi connectivity index (χ1v) is 12.3. The van der Waals surface area contributed by atoms with Crippen molar-refractivity contribution in [3.05, 3.63) is 71.8 Å².